The van der Waals surface area contributed by atoms with Gasteiger partial charge in [0.2, 0.25) is 0 Å². The Labute approximate surface area is 154 Å². The highest BCUT2D eigenvalue weighted by Crippen LogP contribution is 2.29. The van der Waals surface area contributed by atoms with Crippen molar-refractivity contribution in [3.63, 3.8) is 0 Å². The molecule has 0 unspecified atom stereocenters. The van der Waals surface area contributed by atoms with Gasteiger partial charge in [0.25, 0.3) is 0 Å². The van der Waals surface area contributed by atoms with Crippen LogP contribution in [0.1, 0.15) is 30.7 Å². The van der Waals surface area contributed by atoms with Crippen molar-refractivity contribution >= 4 is 17.4 Å². The molecule has 2 aromatic rings. The van der Waals surface area contributed by atoms with E-state index in [1.165, 1.54) is 23.5 Å². The monoisotopic (exact) mass is 385 g/mol. The number of carbonyl (C=O) groups excluding carboxylic acids is 1. The number of urea groups is 1. The molecule has 0 fully saturated rings. The highest BCUT2D eigenvalue weighted by molar-refractivity contribution is 7.09. The van der Waals surface area contributed by atoms with Crippen LogP contribution in [0.3, 0.4) is 0 Å². The number of aromatic nitrogens is 1. The van der Waals surface area contributed by atoms with E-state index in [1.807, 2.05) is 6.92 Å². The molecule has 0 saturated carbocycles. The van der Waals surface area contributed by atoms with Gasteiger partial charge in [-0.15, -0.1) is 11.3 Å². The predicted molar refractivity (Wildman–Crippen MR) is 96.4 cm³/mol. The first-order valence-electron chi connectivity index (χ1n) is 8.24. The zero-order valence-corrected chi connectivity index (χ0v) is 16.0. The smallest absolute Gasteiger partial charge is 0.326 e. The number of amides is 2. The molecule has 142 valence electrons. The van der Waals surface area contributed by atoms with Crippen molar-refractivity contribution in [1.82, 2.24) is 9.47 Å². The molecule has 0 aliphatic heterocycles. The van der Waals surface area contributed by atoms with E-state index in [0.29, 0.717) is 23.0 Å². The highest BCUT2D eigenvalue weighted by atomic mass is 32.1. The largest absolute Gasteiger partial charge is 0.416 e. The maximum absolute atomic E-state index is 12.7. The molecule has 0 atom stereocenters. The van der Waals surface area contributed by atoms with Crippen LogP contribution >= 0.6 is 11.3 Å². The molecule has 0 bridgehead atoms. The molecule has 1 aromatic heterocycles. The molecule has 26 heavy (non-hydrogen) atoms. The van der Waals surface area contributed by atoms with Crippen LogP contribution in [0.5, 0.6) is 0 Å². The Bertz CT molecular complexity index is 819. The van der Waals surface area contributed by atoms with Gasteiger partial charge < -0.3 is 4.90 Å². The van der Waals surface area contributed by atoms with Gasteiger partial charge in [0.05, 0.1) is 5.56 Å². The summed E-state index contributed by atoms with van der Waals surface area (Å²) in [5.74, 6) is 0.478. The Hall–Kier alpha value is -2.09. The molecule has 2 rings (SSSR count). The first kappa shape index (κ1) is 20.2. The molecular formula is C18H22F3N3OS. The molecule has 0 radical (unpaired) electrons. The Morgan fingerprint density at radius 2 is 1.88 bits per heavy atom. The molecule has 2 amide bonds. The number of hydrogen-bond acceptors (Lipinski definition) is 2. The minimum absolute atomic E-state index is 0.367. The third-order valence-electron chi connectivity index (χ3n) is 3.80. The van der Waals surface area contributed by atoms with Gasteiger partial charge in [-0.1, -0.05) is 13.8 Å². The summed E-state index contributed by atoms with van der Waals surface area (Å²) in [6.07, 6.45) is -1.75. The summed E-state index contributed by atoms with van der Waals surface area (Å²) in [5, 5.41) is 0. The zero-order chi connectivity index (χ0) is 19.5. The molecule has 8 heteroatoms. The predicted octanol–water partition coefficient (Wildman–Crippen LogP) is 4.86. The number of hydrogen-bond donors (Lipinski definition) is 0. The van der Waals surface area contributed by atoms with Crippen molar-refractivity contribution in [3.8, 4) is 5.69 Å². The summed E-state index contributed by atoms with van der Waals surface area (Å²) in [6, 6.07) is 4.43. The van der Waals surface area contributed by atoms with Crippen molar-refractivity contribution in [2.45, 2.75) is 33.4 Å². The number of aryl methyl sites for hydroxylation is 1. The minimum atomic E-state index is -4.38. The Morgan fingerprint density at radius 1 is 1.27 bits per heavy atom. The maximum Gasteiger partial charge on any atom is 0.416 e. The number of nitrogens with zero attached hydrogens (tertiary/aromatic N) is 3. The van der Waals surface area contributed by atoms with Crippen molar-refractivity contribution in [1.29, 1.82) is 0 Å². The third kappa shape index (κ3) is 5.20. The summed E-state index contributed by atoms with van der Waals surface area (Å²) in [7, 11) is 1.69. The molecule has 4 nitrogen and oxygen atoms in total. The lowest BCUT2D eigenvalue weighted by atomic mass is 10.1. The fraction of sp³-hybridized carbons (Fsp3) is 0.444. The first-order chi connectivity index (χ1) is 12.1. The number of alkyl halides is 3. The number of carbonyl (C=O) groups is 1. The maximum atomic E-state index is 12.7. The van der Waals surface area contributed by atoms with Crippen LogP contribution in [0.4, 0.5) is 18.0 Å². The van der Waals surface area contributed by atoms with E-state index in [9.17, 15) is 18.0 Å². The van der Waals surface area contributed by atoms with Gasteiger partial charge in [0.15, 0.2) is 4.80 Å². The zero-order valence-electron chi connectivity index (χ0n) is 15.2. The Morgan fingerprint density at radius 3 is 2.42 bits per heavy atom. The standard InChI is InChI=1S/C18H22F3N3OS/c1-12(2)9-10-23(4)16(25)22-17-24(11-13(3)26-17)15-7-5-14(6-8-15)18(19,20)21/h5-8,11-12H,9-10H2,1-4H3. The summed E-state index contributed by atoms with van der Waals surface area (Å²) in [5.41, 5.74) is -0.185. The fourth-order valence-corrected chi connectivity index (χ4v) is 3.07. The molecule has 0 N–H and O–H groups in total. The number of halogens is 3. The van der Waals surface area contributed by atoms with E-state index in [-0.39, 0.29) is 6.03 Å². The topological polar surface area (TPSA) is 37.6 Å². The number of benzene rings is 1. The van der Waals surface area contributed by atoms with Crippen LogP contribution in [0.25, 0.3) is 5.69 Å². The molecule has 1 aromatic carbocycles. The van der Waals surface area contributed by atoms with Gasteiger partial charge in [-0.05, 0) is 43.5 Å². The number of thiazole rings is 1. The average molecular weight is 385 g/mol. The molecule has 0 aliphatic carbocycles. The van der Waals surface area contributed by atoms with Crippen LogP contribution in [-0.2, 0) is 6.18 Å². The van der Waals surface area contributed by atoms with Gasteiger partial charge in [0.1, 0.15) is 0 Å². The Kier molecular flexibility index (Phi) is 6.28. The fourth-order valence-electron chi connectivity index (χ4n) is 2.24. The van der Waals surface area contributed by atoms with Crippen LogP contribution < -0.4 is 4.80 Å². The quantitative estimate of drug-likeness (QED) is 0.740. The molecule has 1 heterocycles. The first-order valence-corrected chi connectivity index (χ1v) is 9.06. The van der Waals surface area contributed by atoms with Gasteiger partial charge >= 0.3 is 12.2 Å². The SMILES string of the molecule is Cc1cn(-c2ccc(C(F)(F)F)cc2)c(=NC(=O)N(C)CCC(C)C)s1. The second kappa shape index (κ2) is 8.07. The molecule has 0 spiro atoms. The summed E-state index contributed by atoms with van der Waals surface area (Å²) in [6.45, 7) is 6.62. The van der Waals surface area contributed by atoms with Crippen LogP contribution in [0.15, 0.2) is 35.5 Å². The van der Waals surface area contributed by atoms with Crippen molar-refractivity contribution < 1.29 is 18.0 Å². The summed E-state index contributed by atoms with van der Waals surface area (Å²) >= 11 is 1.32. The molecular weight excluding hydrogens is 363 g/mol. The van der Waals surface area contributed by atoms with Crippen LogP contribution in [0.2, 0.25) is 0 Å². The third-order valence-corrected chi connectivity index (χ3v) is 4.70. The van der Waals surface area contributed by atoms with E-state index < -0.39 is 11.7 Å². The van der Waals surface area contributed by atoms with E-state index in [1.54, 1.807) is 22.7 Å². The summed E-state index contributed by atoms with van der Waals surface area (Å²) < 4.78 is 39.8. The van der Waals surface area contributed by atoms with E-state index >= 15 is 0 Å². The Balaban J connectivity index is 2.31. The van der Waals surface area contributed by atoms with E-state index in [0.717, 1.165) is 23.4 Å². The van der Waals surface area contributed by atoms with Gasteiger partial charge in [-0.25, -0.2) is 4.79 Å². The second-order valence-electron chi connectivity index (χ2n) is 6.54. The normalized spacial score (nSPS) is 12.7. The highest BCUT2D eigenvalue weighted by Gasteiger charge is 2.30. The second-order valence-corrected chi connectivity index (χ2v) is 7.75. The van der Waals surface area contributed by atoms with Crippen molar-refractivity contribution in [2.24, 2.45) is 10.9 Å². The summed E-state index contributed by atoms with van der Waals surface area (Å²) in [4.78, 5) is 19.3. The van der Waals surface area contributed by atoms with Crippen molar-refractivity contribution in [2.75, 3.05) is 13.6 Å². The lowest BCUT2D eigenvalue weighted by molar-refractivity contribution is -0.137. The van der Waals surface area contributed by atoms with E-state index in [2.05, 4.69) is 18.8 Å². The minimum Gasteiger partial charge on any atom is -0.326 e. The lowest BCUT2D eigenvalue weighted by Crippen LogP contribution is -2.28. The van der Waals surface area contributed by atoms with Gasteiger partial charge in [-0.3, -0.25) is 4.57 Å². The number of rotatable bonds is 4. The molecule has 0 saturated heterocycles. The average Bonchev–Trinajstić information content (AvgIpc) is 2.92. The van der Waals surface area contributed by atoms with E-state index in [4.69, 9.17) is 0 Å². The van der Waals surface area contributed by atoms with Crippen molar-refractivity contribution in [3.05, 3.63) is 45.7 Å². The van der Waals surface area contributed by atoms with Gasteiger partial charge in [-0.2, -0.15) is 18.2 Å². The van der Waals surface area contributed by atoms with Crippen LogP contribution in [0, 0.1) is 12.8 Å². The molecule has 0 aliphatic rings. The van der Waals surface area contributed by atoms with Gasteiger partial charge in [0, 0.05) is 30.4 Å². The van der Waals surface area contributed by atoms with Crippen LogP contribution in [-0.4, -0.2) is 29.1 Å². The lowest BCUT2D eigenvalue weighted by Gasteiger charge is -2.15.